The van der Waals surface area contributed by atoms with Crippen LogP contribution in [0.1, 0.15) is 15.2 Å². The summed E-state index contributed by atoms with van der Waals surface area (Å²) < 4.78 is 1.07. The van der Waals surface area contributed by atoms with Gasteiger partial charge in [-0.3, -0.25) is 4.79 Å². The summed E-state index contributed by atoms with van der Waals surface area (Å²) in [6.45, 7) is 0.665. The second kappa shape index (κ2) is 5.98. The number of hydrogen-bond donors (Lipinski definition) is 1. The van der Waals surface area contributed by atoms with E-state index in [2.05, 4.69) is 33.4 Å². The second-order valence-electron chi connectivity index (χ2n) is 3.61. The van der Waals surface area contributed by atoms with Crippen LogP contribution in [0.15, 0.2) is 46.3 Å². The molecule has 0 aliphatic carbocycles. The molecule has 17 heavy (non-hydrogen) atoms. The summed E-state index contributed by atoms with van der Waals surface area (Å²) in [5.74, 6) is 0.0112. The molecule has 1 aromatic heterocycles. The third-order valence-corrected chi connectivity index (χ3v) is 3.75. The fraction of sp³-hybridized carbons (Fsp3) is 0.154. The first-order valence-corrected chi connectivity index (χ1v) is 6.99. The molecular formula is C13H12BrNOS. The van der Waals surface area contributed by atoms with Crippen molar-refractivity contribution in [3.8, 4) is 0 Å². The molecule has 0 spiro atoms. The average Bonchev–Trinajstić information content (AvgIpc) is 2.85. The molecule has 0 saturated heterocycles. The van der Waals surface area contributed by atoms with E-state index in [0.717, 1.165) is 15.8 Å². The smallest absolute Gasteiger partial charge is 0.261 e. The van der Waals surface area contributed by atoms with Gasteiger partial charge in [0.1, 0.15) is 0 Å². The summed E-state index contributed by atoms with van der Waals surface area (Å²) >= 11 is 4.86. The van der Waals surface area contributed by atoms with Crippen LogP contribution in [-0.2, 0) is 6.42 Å². The lowest BCUT2D eigenvalue weighted by Gasteiger charge is -2.04. The normalized spacial score (nSPS) is 10.2. The van der Waals surface area contributed by atoms with Crippen molar-refractivity contribution in [1.82, 2.24) is 5.32 Å². The van der Waals surface area contributed by atoms with Crippen molar-refractivity contribution in [3.05, 3.63) is 56.7 Å². The van der Waals surface area contributed by atoms with Crippen LogP contribution in [0.3, 0.4) is 0 Å². The van der Waals surface area contributed by atoms with E-state index in [0.29, 0.717) is 6.54 Å². The minimum Gasteiger partial charge on any atom is -0.351 e. The number of amides is 1. The van der Waals surface area contributed by atoms with Crippen molar-refractivity contribution in [1.29, 1.82) is 0 Å². The first kappa shape index (κ1) is 12.3. The predicted molar refractivity (Wildman–Crippen MR) is 74.5 cm³/mol. The molecule has 4 heteroatoms. The fourth-order valence-electron chi connectivity index (χ4n) is 1.47. The zero-order valence-electron chi connectivity index (χ0n) is 9.15. The van der Waals surface area contributed by atoms with Crippen molar-refractivity contribution in [2.75, 3.05) is 6.54 Å². The van der Waals surface area contributed by atoms with Crippen molar-refractivity contribution in [2.45, 2.75) is 6.42 Å². The highest BCUT2D eigenvalue weighted by Gasteiger charge is 2.04. The summed E-state index contributed by atoms with van der Waals surface area (Å²) in [4.78, 5) is 12.4. The number of thiophene rings is 1. The SMILES string of the molecule is O=C(NCCc1ccc(Br)cc1)c1cccs1. The molecule has 1 amide bonds. The standard InChI is InChI=1S/C13H12BrNOS/c14-11-5-3-10(4-6-11)7-8-15-13(16)12-2-1-9-17-12/h1-6,9H,7-8H2,(H,15,16). The maximum atomic E-state index is 11.6. The Bertz CT molecular complexity index is 479. The third kappa shape index (κ3) is 3.68. The number of carbonyl (C=O) groups is 1. The van der Waals surface area contributed by atoms with Gasteiger partial charge >= 0.3 is 0 Å². The van der Waals surface area contributed by atoms with E-state index in [4.69, 9.17) is 0 Å². The average molecular weight is 310 g/mol. The minimum atomic E-state index is 0.0112. The Hall–Kier alpha value is -1.13. The van der Waals surface area contributed by atoms with Gasteiger partial charge in [0.2, 0.25) is 0 Å². The predicted octanol–water partition coefficient (Wildman–Crippen LogP) is 3.48. The van der Waals surface area contributed by atoms with Crippen LogP contribution >= 0.6 is 27.3 Å². The zero-order valence-corrected chi connectivity index (χ0v) is 11.6. The molecule has 0 aliphatic heterocycles. The van der Waals surface area contributed by atoms with E-state index in [9.17, 15) is 4.79 Å². The van der Waals surface area contributed by atoms with Gasteiger partial charge < -0.3 is 5.32 Å². The number of benzene rings is 1. The Morgan fingerprint density at radius 1 is 1.24 bits per heavy atom. The second-order valence-corrected chi connectivity index (χ2v) is 5.47. The highest BCUT2D eigenvalue weighted by Crippen LogP contribution is 2.11. The van der Waals surface area contributed by atoms with Crippen molar-refractivity contribution >= 4 is 33.2 Å². The van der Waals surface area contributed by atoms with E-state index in [1.807, 2.05) is 29.6 Å². The van der Waals surface area contributed by atoms with Gasteiger partial charge in [-0.15, -0.1) is 11.3 Å². The van der Waals surface area contributed by atoms with Gasteiger partial charge in [-0.1, -0.05) is 34.1 Å². The van der Waals surface area contributed by atoms with Crippen LogP contribution in [0, 0.1) is 0 Å². The van der Waals surface area contributed by atoms with Gasteiger partial charge in [0.25, 0.3) is 5.91 Å². The van der Waals surface area contributed by atoms with Crippen molar-refractivity contribution < 1.29 is 4.79 Å². The molecule has 1 N–H and O–H groups in total. The molecule has 0 bridgehead atoms. The number of halogens is 1. The van der Waals surface area contributed by atoms with E-state index >= 15 is 0 Å². The molecule has 1 heterocycles. The van der Waals surface area contributed by atoms with Crippen LogP contribution in [0.5, 0.6) is 0 Å². The molecule has 1 aromatic carbocycles. The molecule has 88 valence electrons. The number of nitrogens with one attached hydrogen (secondary N) is 1. The molecule has 0 atom stereocenters. The molecule has 2 aromatic rings. The first-order chi connectivity index (χ1) is 8.25. The van der Waals surface area contributed by atoms with E-state index in [1.54, 1.807) is 0 Å². The summed E-state index contributed by atoms with van der Waals surface area (Å²) in [5, 5.41) is 4.81. The van der Waals surface area contributed by atoms with Gasteiger partial charge in [0.05, 0.1) is 4.88 Å². The topological polar surface area (TPSA) is 29.1 Å². The summed E-state index contributed by atoms with van der Waals surface area (Å²) in [6, 6.07) is 11.9. The van der Waals surface area contributed by atoms with Crippen molar-refractivity contribution in [2.24, 2.45) is 0 Å². The lowest BCUT2D eigenvalue weighted by Crippen LogP contribution is -2.24. The number of hydrogen-bond acceptors (Lipinski definition) is 2. The van der Waals surface area contributed by atoms with Gasteiger partial charge in [-0.05, 0) is 35.6 Å². The molecule has 0 saturated carbocycles. The lowest BCUT2D eigenvalue weighted by atomic mass is 10.1. The summed E-state index contributed by atoms with van der Waals surface area (Å²) in [6.07, 6.45) is 0.852. The van der Waals surface area contributed by atoms with Crippen LogP contribution < -0.4 is 5.32 Å². The third-order valence-electron chi connectivity index (χ3n) is 2.36. The Morgan fingerprint density at radius 3 is 2.65 bits per heavy atom. The van der Waals surface area contributed by atoms with Gasteiger partial charge in [0.15, 0.2) is 0 Å². The van der Waals surface area contributed by atoms with Crippen molar-refractivity contribution in [3.63, 3.8) is 0 Å². The minimum absolute atomic E-state index is 0.0112. The summed E-state index contributed by atoms with van der Waals surface area (Å²) in [5.41, 5.74) is 1.22. The van der Waals surface area contributed by atoms with E-state index in [-0.39, 0.29) is 5.91 Å². The van der Waals surface area contributed by atoms with Crippen LogP contribution in [0.2, 0.25) is 0 Å². The van der Waals surface area contributed by atoms with Crippen LogP contribution in [0.4, 0.5) is 0 Å². The molecule has 0 unspecified atom stereocenters. The number of carbonyl (C=O) groups excluding carboxylic acids is 1. The Kier molecular flexibility index (Phi) is 4.34. The van der Waals surface area contributed by atoms with Crippen LogP contribution in [0.25, 0.3) is 0 Å². The monoisotopic (exact) mass is 309 g/mol. The van der Waals surface area contributed by atoms with Gasteiger partial charge in [-0.25, -0.2) is 0 Å². The van der Waals surface area contributed by atoms with E-state index < -0.39 is 0 Å². The molecule has 2 rings (SSSR count). The molecule has 0 fully saturated rings. The Labute approximate surface area is 113 Å². The molecular weight excluding hydrogens is 298 g/mol. The maximum absolute atomic E-state index is 11.6. The first-order valence-electron chi connectivity index (χ1n) is 5.32. The highest BCUT2D eigenvalue weighted by atomic mass is 79.9. The summed E-state index contributed by atoms with van der Waals surface area (Å²) in [7, 11) is 0. The maximum Gasteiger partial charge on any atom is 0.261 e. The highest BCUT2D eigenvalue weighted by molar-refractivity contribution is 9.10. The zero-order chi connectivity index (χ0) is 12.1. The van der Waals surface area contributed by atoms with Crippen LogP contribution in [-0.4, -0.2) is 12.5 Å². The Balaban J connectivity index is 1.80. The Morgan fingerprint density at radius 2 is 2.00 bits per heavy atom. The fourth-order valence-corrected chi connectivity index (χ4v) is 2.37. The molecule has 0 aliphatic rings. The molecule has 2 nitrogen and oxygen atoms in total. The molecule has 0 radical (unpaired) electrons. The van der Waals surface area contributed by atoms with Gasteiger partial charge in [-0.2, -0.15) is 0 Å². The quantitative estimate of drug-likeness (QED) is 0.920. The largest absolute Gasteiger partial charge is 0.351 e. The van der Waals surface area contributed by atoms with Gasteiger partial charge in [0, 0.05) is 11.0 Å². The van der Waals surface area contributed by atoms with E-state index in [1.165, 1.54) is 16.9 Å². The number of rotatable bonds is 4. The lowest BCUT2D eigenvalue weighted by molar-refractivity contribution is 0.0958.